The van der Waals surface area contributed by atoms with E-state index in [1.807, 2.05) is 50.4 Å². The lowest BCUT2D eigenvalue weighted by atomic mass is 10.1. The second kappa shape index (κ2) is 7.07. The molecule has 0 radical (unpaired) electrons. The molecule has 0 aliphatic heterocycles. The van der Waals surface area contributed by atoms with Crippen molar-refractivity contribution in [2.45, 2.75) is 26.1 Å². The zero-order chi connectivity index (χ0) is 17.1. The van der Waals surface area contributed by atoms with Gasteiger partial charge in [0.05, 0.1) is 27.3 Å². The van der Waals surface area contributed by atoms with Gasteiger partial charge in [0.2, 0.25) is 0 Å². The smallest absolute Gasteiger partial charge is 0.261 e. The van der Waals surface area contributed by atoms with E-state index >= 15 is 0 Å². The van der Waals surface area contributed by atoms with Crippen molar-refractivity contribution < 1.29 is 14.6 Å². The minimum absolute atomic E-state index is 0.0699. The summed E-state index contributed by atoms with van der Waals surface area (Å²) in [6.45, 7) is 4.05. The second-order valence-electron chi connectivity index (χ2n) is 5.83. The van der Waals surface area contributed by atoms with Crippen LogP contribution in [0, 0.1) is 0 Å². The Labute approximate surface area is 144 Å². The molecule has 2 aromatic heterocycles. The predicted molar refractivity (Wildman–Crippen MR) is 95.7 cm³/mol. The molecule has 0 saturated carbocycles. The van der Waals surface area contributed by atoms with Gasteiger partial charge < -0.3 is 20.1 Å². The Morgan fingerprint density at radius 2 is 2.17 bits per heavy atom. The number of carbonyl (C=O) groups excluding carboxylic acids is 1. The van der Waals surface area contributed by atoms with Gasteiger partial charge in [-0.25, -0.2) is 0 Å². The van der Waals surface area contributed by atoms with Crippen LogP contribution < -0.4 is 10.1 Å². The van der Waals surface area contributed by atoms with Gasteiger partial charge in [0.1, 0.15) is 5.75 Å². The van der Waals surface area contributed by atoms with Gasteiger partial charge in [0.15, 0.2) is 0 Å². The molecule has 6 heteroatoms. The summed E-state index contributed by atoms with van der Waals surface area (Å²) in [6, 6.07) is 11.1. The van der Waals surface area contributed by atoms with E-state index in [4.69, 9.17) is 4.74 Å². The number of amides is 1. The maximum Gasteiger partial charge on any atom is 0.261 e. The second-order valence-corrected chi connectivity index (χ2v) is 6.91. The van der Waals surface area contributed by atoms with E-state index in [2.05, 4.69) is 10.3 Å². The number of aliphatic hydroxyl groups excluding tert-OH is 1. The van der Waals surface area contributed by atoms with Gasteiger partial charge >= 0.3 is 0 Å². The molecule has 0 aliphatic carbocycles. The van der Waals surface area contributed by atoms with Crippen LogP contribution in [0.25, 0.3) is 10.2 Å². The molecule has 1 aromatic carbocycles. The van der Waals surface area contributed by atoms with Gasteiger partial charge in [-0.05, 0) is 43.7 Å². The Hall–Kier alpha value is -2.31. The van der Waals surface area contributed by atoms with Gasteiger partial charge in [0.25, 0.3) is 5.91 Å². The van der Waals surface area contributed by atoms with Crippen LogP contribution in [-0.2, 0) is 0 Å². The van der Waals surface area contributed by atoms with Crippen molar-refractivity contribution in [2.75, 3.05) is 6.54 Å². The summed E-state index contributed by atoms with van der Waals surface area (Å²) in [5.41, 5.74) is 1.66. The highest BCUT2D eigenvalue weighted by atomic mass is 32.1. The summed E-state index contributed by atoms with van der Waals surface area (Å²) in [5.74, 6) is 0.527. The summed E-state index contributed by atoms with van der Waals surface area (Å²) >= 11 is 1.42. The number of ether oxygens (including phenoxy) is 1. The first-order valence-corrected chi connectivity index (χ1v) is 8.64. The molecule has 1 unspecified atom stereocenters. The minimum atomic E-state index is -0.783. The molecule has 3 N–H and O–H groups in total. The van der Waals surface area contributed by atoms with E-state index < -0.39 is 6.10 Å². The Morgan fingerprint density at radius 3 is 2.92 bits per heavy atom. The minimum Gasteiger partial charge on any atom is -0.491 e. The number of H-pyrrole nitrogens is 1. The van der Waals surface area contributed by atoms with Gasteiger partial charge in [0, 0.05) is 12.7 Å². The number of hydrogen-bond acceptors (Lipinski definition) is 4. The number of rotatable bonds is 6. The van der Waals surface area contributed by atoms with Crippen LogP contribution in [0.3, 0.4) is 0 Å². The number of nitrogens with one attached hydrogen (secondary N) is 2. The van der Waals surface area contributed by atoms with E-state index in [0.29, 0.717) is 16.2 Å². The van der Waals surface area contributed by atoms with Crippen LogP contribution in [0.15, 0.2) is 42.6 Å². The summed E-state index contributed by atoms with van der Waals surface area (Å²) < 4.78 is 6.67. The van der Waals surface area contributed by atoms with Crippen molar-refractivity contribution in [3.63, 3.8) is 0 Å². The fraction of sp³-hybridized carbons (Fsp3) is 0.278. The predicted octanol–water partition coefficient (Wildman–Crippen LogP) is 3.48. The quantitative estimate of drug-likeness (QED) is 0.641. The van der Waals surface area contributed by atoms with Crippen molar-refractivity contribution in [3.05, 3.63) is 53.0 Å². The molecule has 2 heterocycles. The standard InChI is InChI=1S/C18H20N2O3S/c1-11(2)23-13-5-3-4-12(8-13)15(21)10-20-18(22)17-9-14-16(24-17)6-7-19-14/h3-9,11,15,19,21H,10H2,1-2H3,(H,20,22). The number of thiophene rings is 1. The zero-order valence-electron chi connectivity index (χ0n) is 13.6. The third-order valence-corrected chi connectivity index (χ3v) is 4.63. The van der Waals surface area contributed by atoms with Crippen LogP contribution in [0.5, 0.6) is 5.75 Å². The molecule has 5 nitrogen and oxygen atoms in total. The molecule has 0 saturated heterocycles. The molecule has 0 fully saturated rings. The van der Waals surface area contributed by atoms with Crippen molar-refractivity contribution in [1.82, 2.24) is 10.3 Å². The first-order valence-electron chi connectivity index (χ1n) is 7.82. The molecule has 3 aromatic rings. The van der Waals surface area contributed by atoms with Gasteiger partial charge in [-0.1, -0.05) is 12.1 Å². The molecule has 1 amide bonds. The van der Waals surface area contributed by atoms with Crippen molar-refractivity contribution in [3.8, 4) is 5.75 Å². The van der Waals surface area contributed by atoms with Gasteiger partial charge in [-0.2, -0.15) is 0 Å². The SMILES string of the molecule is CC(C)Oc1cccc(C(O)CNC(=O)c2cc3[nH]ccc3s2)c1. The molecule has 3 rings (SSSR count). The lowest BCUT2D eigenvalue weighted by Crippen LogP contribution is -2.27. The zero-order valence-corrected chi connectivity index (χ0v) is 14.4. The van der Waals surface area contributed by atoms with E-state index in [1.165, 1.54) is 11.3 Å². The summed E-state index contributed by atoms with van der Waals surface area (Å²) in [5, 5.41) is 13.1. The Balaban J connectivity index is 1.61. The van der Waals surface area contributed by atoms with E-state index in [9.17, 15) is 9.90 Å². The lowest BCUT2D eigenvalue weighted by Gasteiger charge is -2.15. The molecule has 0 bridgehead atoms. The van der Waals surface area contributed by atoms with Crippen molar-refractivity contribution in [2.24, 2.45) is 0 Å². The highest BCUT2D eigenvalue weighted by Gasteiger charge is 2.14. The van der Waals surface area contributed by atoms with Crippen molar-refractivity contribution >= 4 is 27.5 Å². The third kappa shape index (κ3) is 3.77. The maximum absolute atomic E-state index is 12.2. The summed E-state index contributed by atoms with van der Waals surface area (Å²) in [4.78, 5) is 15.9. The number of aromatic amines is 1. The summed E-state index contributed by atoms with van der Waals surface area (Å²) in [7, 11) is 0. The number of hydrogen-bond donors (Lipinski definition) is 3. The first-order chi connectivity index (χ1) is 11.5. The van der Waals surface area contributed by atoms with E-state index in [0.717, 1.165) is 10.2 Å². The Kier molecular flexibility index (Phi) is 4.87. The fourth-order valence-electron chi connectivity index (χ4n) is 2.42. The highest BCUT2D eigenvalue weighted by molar-refractivity contribution is 7.20. The number of aliphatic hydroxyl groups is 1. The van der Waals surface area contributed by atoms with Gasteiger partial charge in [-0.15, -0.1) is 11.3 Å². The average molecular weight is 344 g/mol. The van der Waals surface area contributed by atoms with E-state index in [-0.39, 0.29) is 18.6 Å². The Bertz CT molecular complexity index is 809. The molecule has 24 heavy (non-hydrogen) atoms. The molecule has 0 spiro atoms. The monoisotopic (exact) mass is 344 g/mol. The molecular formula is C18H20N2O3S. The first kappa shape index (κ1) is 16.5. The fourth-order valence-corrected chi connectivity index (χ4v) is 3.36. The van der Waals surface area contributed by atoms with Crippen LogP contribution in [-0.4, -0.2) is 28.6 Å². The number of aromatic nitrogens is 1. The number of fused-ring (bicyclic) bond motifs is 1. The molecule has 1 atom stereocenters. The third-order valence-electron chi connectivity index (χ3n) is 3.53. The average Bonchev–Trinajstić information content (AvgIpc) is 3.13. The maximum atomic E-state index is 12.2. The van der Waals surface area contributed by atoms with Crippen molar-refractivity contribution in [1.29, 1.82) is 0 Å². The Morgan fingerprint density at radius 1 is 1.33 bits per heavy atom. The van der Waals surface area contributed by atoms with Crippen LogP contribution in [0.2, 0.25) is 0 Å². The lowest BCUT2D eigenvalue weighted by molar-refractivity contribution is 0.0920. The molecule has 0 aliphatic rings. The normalized spacial score (nSPS) is 12.5. The summed E-state index contributed by atoms with van der Waals surface area (Å²) in [6.07, 6.45) is 1.13. The molecular weight excluding hydrogens is 324 g/mol. The van der Waals surface area contributed by atoms with Crippen LogP contribution in [0.1, 0.15) is 35.2 Å². The molecule has 126 valence electrons. The van der Waals surface area contributed by atoms with Crippen LogP contribution in [0.4, 0.5) is 0 Å². The number of carbonyl (C=O) groups is 1. The van der Waals surface area contributed by atoms with Crippen LogP contribution >= 0.6 is 11.3 Å². The van der Waals surface area contributed by atoms with Gasteiger partial charge in [-0.3, -0.25) is 4.79 Å². The number of benzene rings is 1. The topological polar surface area (TPSA) is 74.3 Å². The van der Waals surface area contributed by atoms with E-state index in [1.54, 1.807) is 6.07 Å². The highest BCUT2D eigenvalue weighted by Crippen LogP contribution is 2.24. The largest absolute Gasteiger partial charge is 0.491 e.